The number of nitrogens with one attached hydrogen (secondary N) is 2. The van der Waals surface area contributed by atoms with Gasteiger partial charge >= 0.3 is 0 Å². The highest BCUT2D eigenvalue weighted by Crippen LogP contribution is 2.38. The number of halogens is 2. The van der Waals surface area contributed by atoms with E-state index < -0.39 is 12.1 Å². The maximum Gasteiger partial charge on any atom is 0.231 e. The first-order chi connectivity index (χ1) is 14.0. The second-order valence-electron chi connectivity index (χ2n) is 7.02. The molecule has 7 nitrogen and oxygen atoms in total. The number of benzene rings is 1. The number of fused-ring (bicyclic) bond motifs is 2. The lowest BCUT2D eigenvalue weighted by atomic mass is 10.0. The molecule has 1 aliphatic rings. The number of carbonyl (C=O) groups excluding carboxylic acids is 1. The number of H-pyrrole nitrogens is 1. The van der Waals surface area contributed by atoms with Crippen molar-refractivity contribution in [2.75, 3.05) is 11.6 Å². The van der Waals surface area contributed by atoms with Crippen molar-refractivity contribution in [3.8, 4) is 11.3 Å². The van der Waals surface area contributed by atoms with Crippen molar-refractivity contribution in [2.24, 2.45) is 5.92 Å². The zero-order chi connectivity index (χ0) is 20.3. The van der Waals surface area contributed by atoms with Crippen LogP contribution >= 0.6 is 11.8 Å². The molecule has 4 aromatic rings. The number of aromatic amines is 1. The molecule has 1 amide bonds. The van der Waals surface area contributed by atoms with Crippen LogP contribution in [0, 0.1) is 18.7 Å². The Morgan fingerprint density at radius 1 is 1.38 bits per heavy atom. The minimum atomic E-state index is -1.07. The Hall–Kier alpha value is -3.01. The van der Waals surface area contributed by atoms with Gasteiger partial charge in [-0.3, -0.25) is 14.9 Å². The van der Waals surface area contributed by atoms with Gasteiger partial charge in [0.05, 0.1) is 40.6 Å². The van der Waals surface area contributed by atoms with E-state index in [9.17, 15) is 13.6 Å². The third-order valence-corrected chi connectivity index (χ3v) is 5.93. The Balaban J connectivity index is 1.58. The van der Waals surface area contributed by atoms with E-state index in [1.54, 1.807) is 36.1 Å². The summed E-state index contributed by atoms with van der Waals surface area (Å²) in [6.45, 7) is 1.71. The van der Waals surface area contributed by atoms with Crippen molar-refractivity contribution in [3.63, 3.8) is 0 Å². The van der Waals surface area contributed by atoms with Gasteiger partial charge in [0.15, 0.2) is 11.5 Å². The molecule has 0 spiro atoms. The summed E-state index contributed by atoms with van der Waals surface area (Å²) >= 11 is 1.32. The van der Waals surface area contributed by atoms with Gasteiger partial charge < -0.3 is 9.72 Å². The molecule has 5 rings (SSSR count). The number of aromatic nitrogens is 5. The average Bonchev–Trinajstić information content (AvgIpc) is 3.08. The largest absolute Gasteiger partial charge is 0.309 e. The smallest absolute Gasteiger partial charge is 0.231 e. The summed E-state index contributed by atoms with van der Waals surface area (Å²) in [7, 11) is 0. The summed E-state index contributed by atoms with van der Waals surface area (Å²) in [5, 5.41) is 10.3. The highest BCUT2D eigenvalue weighted by Gasteiger charge is 2.43. The van der Waals surface area contributed by atoms with Crippen LogP contribution in [0.4, 0.5) is 14.6 Å². The monoisotopic (exact) mass is 414 g/mol. The van der Waals surface area contributed by atoms with Crippen molar-refractivity contribution in [2.45, 2.75) is 24.4 Å². The lowest BCUT2D eigenvalue weighted by molar-refractivity contribution is -0.117. The standard InChI is InChI=1S/C19H16F2N6OS/c1-8-15(10-4-23-26-17(10)18(29-2)16(8)21)12-6-27-7-13(24-14(27)5-22-12)25-19(28)9-3-11(9)20/h4-7,9,11H,3H2,1-2H3,(H,23,26)(H,25,28)/t9-,11+/m1/s1. The van der Waals surface area contributed by atoms with E-state index in [0.29, 0.717) is 38.7 Å². The van der Waals surface area contributed by atoms with Crippen LogP contribution in [-0.4, -0.2) is 42.9 Å². The third kappa shape index (κ3) is 2.86. The lowest BCUT2D eigenvalue weighted by Crippen LogP contribution is -2.15. The van der Waals surface area contributed by atoms with Gasteiger partial charge in [0, 0.05) is 17.1 Å². The predicted molar refractivity (Wildman–Crippen MR) is 106 cm³/mol. The molecule has 0 radical (unpaired) electrons. The fourth-order valence-electron chi connectivity index (χ4n) is 3.51. The molecule has 29 heavy (non-hydrogen) atoms. The molecule has 1 aliphatic carbocycles. The van der Waals surface area contributed by atoms with E-state index in [1.165, 1.54) is 11.8 Å². The first kappa shape index (κ1) is 18.0. The summed E-state index contributed by atoms with van der Waals surface area (Å²) < 4.78 is 29.7. The number of carbonyl (C=O) groups is 1. The Morgan fingerprint density at radius 2 is 2.17 bits per heavy atom. The van der Waals surface area contributed by atoms with Crippen LogP contribution in [0.1, 0.15) is 12.0 Å². The molecule has 1 aromatic carbocycles. The third-order valence-electron chi connectivity index (χ3n) is 5.14. The number of hydrogen-bond acceptors (Lipinski definition) is 5. The van der Waals surface area contributed by atoms with E-state index in [-0.39, 0.29) is 18.1 Å². The van der Waals surface area contributed by atoms with E-state index in [2.05, 4.69) is 25.5 Å². The zero-order valence-corrected chi connectivity index (χ0v) is 16.3. The van der Waals surface area contributed by atoms with E-state index >= 15 is 0 Å². The highest BCUT2D eigenvalue weighted by molar-refractivity contribution is 7.98. The van der Waals surface area contributed by atoms with Crippen molar-refractivity contribution in [1.29, 1.82) is 0 Å². The van der Waals surface area contributed by atoms with Gasteiger partial charge in [-0.25, -0.2) is 13.8 Å². The molecule has 1 saturated carbocycles. The summed E-state index contributed by atoms with van der Waals surface area (Å²) in [6, 6.07) is 0. The number of hydrogen-bond donors (Lipinski definition) is 2. The minimum Gasteiger partial charge on any atom is -0.309 e. The fourth-order valence-corrected chi connectivity index (χ4v) is 4.20. The zero-order valence-electron chi connectivity index (χ0n) is 15.5. The van der Waals surface area contributed by atoms with Crippen molar-refractivity contribution in [1.82, 2.24) is 24.6 Å². The van der Waals surface area contributed by atoms with Gasteiger partial charge in [-0.2, -0.15) is 5.10 Å². The van der Waals surface area contributed by atoms with Gasteiger partial charge in [-0.15, -0.1) is 11.8 Å². The van der Waals surface area contributed by atoms with E-state index in [1.807, 2.05) is 6.26 Å². The molecule has 1 fully saturated rings. The van der Waals surface area contributed by atoms with Crippen LogP contribution < -0.4 is 5.32 Å². The lowest BCUT2D eigenvalue weighted by Gasteiger charge is -2.12. The first-order valence-electron chi connectivity index (χ1n) is 8.97. The van der Waals surface area contributed by atoms with E-state index in [0.717, 1.165) is 5.39 Å². The van der Waals surface area contributed by atoms with E-state index in [4.69, 9.17) is 0 Å². The molecule has 10 heteroatoms. The number of amides is 1. The number of nitrogens with zero attached hydrogens (tertiary/aromatic N) is 4. The van der Waals surface area contributed by atoms with Crippen LogP contribution in [0.25, 0.3) is 27.8 Å². The number of imidazole rings is 1. The molecule has 0 bridgehead atoms. The summed E-state index contributed by atoms with van der Waals surface area (Å²) in [5.74, 6) is -0.958. The van der Waals surface area contributed by atoms with Gasteiger partial charge in [0.25, 0.3) is 0 Å². The highest BCUT2D eigenvalue weighted by atomic mass is 32.2. The quantitative estimate of drug-likeness (QED) is 0.497. The summed E-state index contributed by atoms with van der Waals surface area (Å²) in [4.78, 5) is 21.2. The van der Waals surface area contributed by atoms with Crippen LogP contribution in [-0.2, 0) is 4.79 Å². The molecule has 0 unspecified atom stereocenters. The average molecular weight is 414 g/mol. The Kier molecular flexibility index (Phi) is 4.05. The second-order valence-corrected chi connectivity index (χ2v) is 7.83. The second kappa shape index (κ2) is 6.51. The number of rotatable bonds is 4. The van der Waals surface area contributed by atoms with Crippen molar-refractivity contribution < 1.29 is 13.6 Å². The Bertz CT molecular complexity index is 1280. The molecule has 3 heterocycles. The van der Waals surface area contributed by atoms with Gasteiger partial charge in [-0.1, -0.05) is 0 Å². The maximum absolute atomic E-state index is 14.9. The normalized spacial score (nSPS) is 18.5. The van der Waals surface area contributed by atoms with Gasteiger partial charge in [0.1, 0.15) is 12.0 Å². The van der Waals surface area contributed by atoms with Crippen LogP contribution in [0.2, 0.25) is 0 Å². The number of anilines is 1. The minimum absolute atomic E-state index is 0.252. The number of alkyl halides is 1. The van der Waals surface area contributed by atoms with Gasteiger partial charge in [-0.05, 0) is 25.2 Å². The van der Waals surface area contributed by atoms with Crippen molar-refractivity contribution >= 4 is 40.0 Å². The summed E-state index contributed by atoms with van der Waals surface area (Å²) in [6.07, 6.45) is 7.55. The Labute approximate surface area is 167 Å². The van der Waals surface area contributed by atoms with Crippen LogP contribution in [0.3, 0.4) is 0 Å². The molecule has 2 N–H and O–H groups in total. The first-order valence-corrected chi connectivity index (χ1v) is 10.2. The Morgan fingerprint density at radius 3 is 2.90 bits per heavy atom. The molecular formula is C19H16F2N6OS. The molecule has 0 aliphatic heterocycles. The molecule has 148 valence electrons. The molecule has 0 saturated heterocycles. The topological polar surface area (TPSA) is 88.0 Å². The number of thioether (sulfide) groups is 1. The molecule has 3 aromatic heterocycles. The summed E-state index contributed by atoms with van der Waals surface area (Å²) in [5.41, 5.74) is 2.81. The molecular weight excluding hydrogens is 398 g/mol. The predicted octanol–water partition coefficient (Wildman–Crippen LogP) is 3.74. The SMILES string of the molecule is CSc1c(F)c(C)c(-c2cn3cc(NC(=O)[C@@H]4C[C@@H]4F)nc3cn2)c2cn[nH]c12. The van der Waals surface area contributed by atoms with Crippen molar-refractivity contribution in [3.05, 3.63) is 36.2 Å². The fraction of sp³-hybridized carbons (Fsp3) is 0.263. The maximum atomic E-state index is 14.9. The van der Waals surface area contributed by atoms with Crippen LogP contribution in [0.15, 0.2) is 29.7 Å². The van der Waals surface area contributed by atoms with Gasteiger partial charge in [0.2, 0.25) is 5.91 Å². The van der Waals surface area contributed by atoms with Crippen LogP contribution in [0.5, 0.6) is 0 Å². The molecule has 2 atom stereocenters.